The minimum Gasteiger partial charge on any atom is -0.354 e. The Morgan fingerprint density at radius 1 is 1.03 bits per heavy atom. The summed E-state index contributed by atoms with van der Waals surface area (Å²) in [5.41, 5.74) is 3.11. The molecule has 0 saturated heterocycles. The molecular formula is C29H25ClN4O3S. The van der Waals surface area contributed by atoms with Gasteiger partial charge < -0.3 is 9.84 Å². The fraction of sp³-hybridized carbons (Fsp3) is 0.172. The van der Waals surface area contributed by atoms with Crippen molar-refractivity contribution in [1.29, 1.82) is 0 Å². The molecule has 0 radical (unpaired) electrons. The third-order valence-corrected chi connectivity index (χ3v) is 7.38. The maximum absolute atomic E-state index is 13.8. The molecule has 9 heteroatoms. The number of carbonyl (C=O) groups is 2. The summed E-state index contributed by atoms with van der Waals surface area (Å²) in [5.74, 6) is -0.0329. The number of thiophene rings is 1. The first kappa shape index (κ1) is 25.6. The molecule has 5 aromatic rings. The Balaban J connectivity index is 1.51. The van der Waals surface area contributed by atoms with Gasteiger partial charge in [-0.1, -0.05) is 53.7 Å². The van der Waals surface area contributed by atoms with Crippen molar-refractivity contribution in [2.75, 3.05) is 17.3 Å². The monoisotopic (exact) mass is 544 g/mol. The highest BCUT2D eigenvalue weighted by atomic mass is 35.5. The number of aryl methyl sites for hydroxylation is 1. The van der Waals surface area contributed by atoms with Crippen LogP contribution in [0.5, 0.6) is 0 Å². The van der Waals surface area contributed by atoms with Gasteiger partial charge in [-0.2, -0.15) is 4.98 Å². The van der Waals surface area contributed by atoms with Gasteiger partial charge in [-0.05, 0) is 60.0 Å². The molecule has 2 aromatic heterocycles. The number of benzene rings is 3. The summed E-state index contributed by atoms with van der Waals surface area (Å²) in [7, 11) is 0. The molecule has 0 aliphatic rings. The van der Waals surface area contributed by atoms with E-state index in [0.717, 1.165) is 21.2 Å². The Hall–Kier alpha value is -4.01. The van der Waals surface area contributed by atoms with Crippen molar-refractivity contribution in [3.05, 3.63) is 101 Å². The minimum absolute atomic E-state index is 0.277. The lowest BCUT2D eigenvalue weighted by Crippen LogP contribution is -2.45. The first-order valence-corrected chi connectivity index (χ1v) is 13.5. The van der Waals surface area contributed by atoms with E-state index < -0.39 is 6.04 Å². The molecule has 2 amide bonds. The summed E-state index contributed by atoms with van der Waals surface area (Å²) >= 11 is 7.62. The Kier molecular flexibility index (Phi) is 7.81. The Bertz CT molecular complexity index is 1550. The van der Waals surface area contributed by atoms with Crippen molar-refractivity contribution in [3.63, 3.8) is 0 Å². The standard InChI is InChI=1S/C29H25ClN4O3S/c1-19-32-29(37-33-19)21-11-13-22(14-12-21)34(26(35)17-30)27(24-18-38-25-10-6-5-9-23(24)25)28(36)31-16-15-20-7-3-2-4-8-20/h2-14,18,27H,15-17H2,1H3,(H,31,36). The second-order valence-corrected chi connectivity index (χ2v) is 9.89. The van der Waals surface area contributed by atoms with Gasteiger partial charge >= 0.3 is 0 Å². The Morgan fingerprint density at radius 3 is 2.47 bits per heavy atom. The van der Waals surface area contributed by atoms with Crippen LogP contribution in [0.25, 0.3) is 21.5 Å². The third kappa shape index (κ3) is 5.46. The van der Waals surface area contributed by atoms with Crippen LogP contribution < -0.4 is 10.2 Å². The van der Waals surface area contributed by atoms with E-state index in [2.05, 4.69) is 15.5 Å². The smallest absolute Gasteiger partial charge is 0.257 e. The number of hydrogen-bond acceptors (Lipinski definition) is 6. The predicted molar refractivity (Wildman–Crippen MR) is 150 cm³/mol. The molecular weight excluding hydrogens is 520 g/mol. The molecule has 1 N–H and O–H groups in total. The second kappa shape index (κ2) is 11.6. The fourth-order valence-corrected chi connectivity index (χ4v) is 5.47. The second-order valence-electron chi connectivity index (χ2n) is 8.71. The minimum atomic E-state index is -0.912. The van der Waals surface area contributed by atoms with Crippen molar-refractivity contribution in [1.82, 2.24) is 15.5 Å². The number of rotatable bonds is 9. The van der Waals surface area contributed by atoms with Gasteiger partial charge in [0.1, 0.15) is 11.9 Å². The van der Waals surface area contributed by atoms with Crippen molar-refractivity contribution in [2.45, 2.75) is 19.4 Å². The number of alkyl halides is 1. The molecule has 0 spiro atoms. The molecule has 0 aliphatic heterocycles. The lowest BCUT2D eigenvalue weighted by atomic mass is 10.0. The van der Waals surface area contributed by atoms with Gasteiger partial charge in [0.25, 0.3) is 5.89 Å². The highest BCUT2D eigenvalue weighted by Crippen LogP contribution is 2.36. The number of nitrogens with zero attached hydrogens (tertiary/aromatic N) is 3. The van der Waals surface area contributed by atoms with Gasteiger partial charge in [-0.3, -0.25) is 14.5 Å². The van der Waals surface area contributed by atoms with Gasteiger partial charge in [-0.15, -0.1) is 22.9 Å². The number of fused-ring (bicyclic) bond motifs is 1. The summed E-state index contributed by atoms with van der Waals surface area (Å²) in [6.45, 7) is 2.17. The normalized spacial score (nSPS) is 11.8. The van der Waals surface area contributed by atoms with Crippen LogP contribution >= 0.6 is 22.9 Å². The summed E-state index contributed by atoms with van der Waals surface area (Å²) in [6, 6.07) is 24.0. The first-order valence-electron chi connectivity index (χ1n) is 12.1. The molecule has 38 heavy (non-hydrogen) atoms. The van der Waals surface area contributed by atoms with Crippen LogP contribution in [0.3, 0.4) is 0 Å². The predicted octanol–water partition coefficient (Wildman–Crippen LogP) is 5.93. The summed E-state index contributed by atoms with van der Waals surface area (Å²) in [4.78, 5) is 32.9. The van der Waals surface area contributed by atoms with Crippen LogP contribution in [0.2, 0.25) is 0 Å². The molecule has 0 bridgehead atoms. The van der Waals surface area contributed by atoms with Crippen LogP contribution in [0.4, 0.5) is 5.69 Å². The average molecular weight is 545 g/mol. The van der Waals surface area contributed by atoms with Gasteiger partial charge in [0.15, 0.2) is 5.82 Å². The van der Waals surface area contributed by atoms with Crippen molar-refractivity contribution < 1.29 is 14.1 Å². The van der Waals surface area contributed by atoms with Gasteiger partial charge in [0.05, 0.1) is 0 Å². The molecule has 0 fully saturated rings. The molecule has 3 aromatic carbocycles. The molecule has 192 valence electrons. The van der Waals surface area contributed by atoms with Gasteiger partial charge in [-0.25, -0.2) is 0 Å². The molecule has 2 heterocycles. The van der Waals surface area contributed by atoms with Crippen molar-refractivity contribution in [3.8, 4) is 11.5 Å². The molecule has 7 nitrogen and oxygen atoms in total. The molecule has 1 atom stereocenters. The SMILES string of the molecule is Cc1noc(-c2ccc(N(C(=O)CCl)C(C(=O)NCCc3ccccc3)c3csc4ccccc34)cc2)n1. The van der Waals surface area contributed by atoms with Crippen LogP contribution in [0.1, 0.15) is 23.0 Å². The number of hydrogen-bond donors (Lipinski definition) is 1. The zero-order valence-electron chi connectivity index (χ0n) is 20.6. The molecule has 0 saturated carbocycles. The third-order valence-electron chi connectivity index (χ3n) is 6.17. The summed E-state index contributed by atoms with van der Waals surface area (Å²) in [5, 5.41) is 9.75. The van der Waals surface area contributed by atoms with E-state index in [4.69, 9.17) is 16.1 Å². The summed E-state index contributed by atoms with van der Waals surface area (Å²) < 4.78 is 6.30. The maximum atomic E-state index is 13.8. The van der Waals surface area contributed by atoms with Gasteiger partial charge in [0.2, 0.25) is 11.8 Å². The van der Waals surface area contributed by atoms with Crippen LogP contribution in [-0.2, 0) is 16.0 Å². The number of nitrogens with one attached hydrogen (secondary N) is 1. The number of halogens is 1. The highest BCUT2D eigenvalue weighted by Gasteiger charge is 2.34. The van der Waals surface area contributed by atoms with Crippen LogP contribution in [-0.4, -0.2) is 34.4 Å². The molecule has 1 unspecified atom stereocenters. The van der Waals surface area contributed by atoms with E-state index in [1.807, 2.05) is 60.0 Å². The van der Waals surface area contributed by atoms with E-state index in [1.165, 1.54) is 16.2 Å². The van der Waals surface area contributed by atoms with Gasteiger partial charge in [0, 0.05) is 28.1 Å². The highest BCUT2D eigenvalue weighted by molar-refractivity contribution is 7.17. The number of amides is 2. The first-order chi connectivity index (χ1) is 18.5. The topological polar surface area (TPSA) is 88.3 Å². The maximum Gasteiger partial charge on any atom is 0.257 e. The van der Waals surface area contributed by atoms with Crippen LogP contribution in [0, 0.1) is 6.92 Å². The fourth-order valence-electron chi connectivity index (χ4n) is 4.36. The Labute approximate surface area is 229 Å². The van der Waals surface area contributed by atoms with E-state index in [0.29, 0.717) is 35.9 Å². The average Bonchev–Trinajstić information content (AvgIpc) is 3.58. The largest absolute Gasteiger partial charge is 0.354 e. The van der Waals surface area contributed by atoms with E-state index in [9.17, 15) is 9.59 Å². The van der Waals surface area contributed by atoms with E-state index in [-0.39, 0.29) is 17.7 Å². The number of aromatic nitrogens is 2. The lowest BCUT2D eigenvalue weighted by molar-refractivity contribution is -0.125. The van der Waals surface area contributed by atoms with Crippen molar-refractivity contribution in [2.24, 2.45) is 0 Å². The zero-order chi connectivity index (χ0) is 26.5. The molecule has 5 rings (SSSR count). The Morgan fingerprint density at radius 2 is 1.76 bits per heavy atom. The quantitative estimate of drug-likeness (QED) is 0.232. The number of carbonyl (C=O) groups excluding carboxylic acids is 2. The van der Waals surface area contributed by atoms with Crippen molar-refractivity contribution >= 4 is 50.5 Å². The summed E-state index contributed by atoms with van der Waals surface area (Å²) in [6.07, 6.45) is 0.672. The molecule has 0 aliphatic carbocycles. The number of anilines is 1. The zero-order valence-corrected chi connectivity index (χ0v) is 22.2. The van der Waals surface area contributed by atoms with E-state index in [1.54, 1.807) is 31.2 Å². The van der Waals surface area contributed by atoms with Crippen LogP contribution in [0.15, 0.2) is 88.8 Å². The van der Waals surface area contributed by atoms with E-state index >= 15 is 0 Å². The lowest BCUT2D eigenvalue weighted by Gasteiger charge is -2.31.